The number of aromatic nitrogens is 10. The lowest BCUT2D eigenvalue weighted by atomic mass is 9.97. The molecular formula is C70H93N19O9S2. The molecule has 0 bridgehead atoms. The molecule has 5 saturated heterocycles. The fraction of sp³-hybridized carbons (Fsp3) is 0.529. The third-order valence-corrected chi connectivity index (χ3v) is 21.0. The molecule has 8 aromatic rings. The Morgan fingerprint density at radius 3 is 1.68 bits per heavy atom. The number of nitrogens with zero attached hydrogens (tertiary/aromatic N) is 15. The number of nitrogens with one attached hydrogen (secondary N) is 3. The molecule has 100 heavy (non-hydrogen) atoms. The van der Waals surface area contributed by atoms with E-state index in [1.165, 1.54) is 13.5 Å². The number of fused-ring (bicyclic) bond motifs is 3. The van der Waals surface area contributed by atoms with Gasteiger partial charge in [-0.2, -0.15) is 20.0 Å². The maximum atomic E-state index is 13.8. The summed E-state index contributed by atoms with van der Waals surface area (Å²) in [5.41, 5.74) is 15.0. The Morgan fingerprint density at radius 1 is 0.590 bits per heavy atom. The topological polar surface area (TPSA) is 328 Å². The summed E-state index contributed by atoms with van der Waals surface area (Å²) in [6, 6.07) is 18.1. The molecule has 1 aliphatic carbocycles. The molecule has 6 aliphatic rings. The molecule has 6 fully saturated rings. The third-order valence-electron chi connectivity index (χ3n) is 19.7. The van der Waals surface area contributed by atoms with Crippen LogP contribution in [0.3, 0.4) is 0 Å². The largest absolute Gasteiger partial charge is 0.453 e. The van der Waals surface area contributed by atoms with Crippen molar-refractivity contribution in [2.75, 3.05) is 80.0 Å². The van der Waals surface area contributed by atoms with Gasteiger partial charge < -0.3 is 40.3 Å². The second-order valence-corrected chi connectivity index (χ2v) is 31.5. The van der Waals surface area contributed by atoms with E-state index >= 15 is 0 Å². The Morgan fingerprint density at radius 2 is 1.14 bits per heavy atom. The van der Waals surface area contributed by atoms with Crippen LogP contribution in [0.4, 0.5) is 22.1 Å². The van der Waals surface area contributed by atoms with Crippen LogP contribution < -0.4 is 30.3 Å². The van der Waals surface area contributed by atoms with E-state index in [0.717, 1.165) is 178 Å². The van der Waals surface area contributed by atoms with Crippen LogP contribution in [0, 0.1) is 46.5 Å². The molecule has 2 aromatic carbocycles. The number of carbonyl (C=O) groups is 4. The van der Waals surface area contributed by atoms with Gasteiger partial charge >= 0.3 is 6.09 Å². The van der Waals surface area contributed by atoms with Crippen LogP contribution in [-0.2, 0) is 34.4 Å². The number of sulfonamides is 2. The fourth-order valence-corrected chi connectivity index (χ4v) is 15.9. The zero-order chi connectivity index (χ0) is 70.9. The minimum atomic E-state index is -3.61. The highest BCUT2D eigenvalue weighted by molar-refractivity contribution is 7.92. The van der Waals surface area contributed by atoms with Crippen LogP contribution in [-0.4, -0.2) is 182 Å². The SMILES string of the molecule is COC(=O)N[C@H](C(=O)N1CCCC[C@H]1c1cc2nc(N3CC[C@H](N)C3)c(C)cn2n1)C1CC1.Cc1ccc(NS(C)(=O)=O)c(C(=O)N2CCCC[C@H]2c2cc3nc(C)nc(C)n3n2)c1.Cc1cn2nc([C@@H]3CCCCN3C(=O)C(NS(C)(=O)=O)c3ccccc3)cc2nc1N1CC[C@H](C)C1. The van der Waals surface area contributed by atoms with Gasteiger partial charge in [-0.25, -0.2) is 55.1 Å². The number of nitrogens with two attached hydrogens (primary N) is 1. The first-order valence-corrected chi connectivity index (χ1v) is 38.6. The number of rotatable bonds is 15. The van der Waals surface area contributed by atoms with Crippen LogP contribution in [0.25, 0.3) is 16.9 Å². The van der Waals surface area contributed by atoms with Gasteiger partial charge in [0, 0.05) is 93.6 Å². The lowest BCUT2D eigenvalue weighted by molar-refractivity contribution is -0.138. The van der Waals surface area contributed by atoms with Gasteiger partial charge in [0.15, 0.2) is 16.9 Å². The van der Waals surface area contributed by atoms with Gasteiger partial charge in [0.2, 0.25) is 31.9 Å². The van der Waals surface area contributed by atoms with Crippen molar-refractivity contribution < 1.29 is 40.8 Å². The van der Waals surface area contributed by atoms with Crippen molar-refractivity contribution in [3.8, 4) is 0 Å². The van der Waals surface area contributed by atoms with Crippen LogP contribution in [0.5, 0.6) is 0 Å². The summed E-state index contributed by atoms with van der Waals surface area (Å²) >= 11 is 0. The summed E-state index contributed by atoms with van der Waals surface area (Å²) in [6.45, 7) is 17.5. The molecule has 1 unspecified atom stereocenters. The molecular weight excluding hydrogens is 1320 g/mol. The number of likely N-dealkylation sites (tertiary alicyclic amines) is 3. The van der Waals surface area contributed by atoms with E-state index in [4.69, 9.17) is 30.6 Å². The maximum absolute atomic E-state index is 13.8. The molecule has 14 rings (SSSR count). The monoisotopic (exact) mass is 1410 g/mol. The smallest absolute Gasteiger partial charge is 0.407 e. The second kappa shape index (κ2) is 29.8. The normalized spacial score (nSPS) is 21.1. The molecule has 534 valence electrons. The van der Waals surface area contributed by atoms with Crippen molar-refractivity contribution in [2.24, 2.45) is 17.6 Å². The van der Waals surface area contributed by atoms with E-state index in [0.29, 0.717) is 48.2 Å². The predicted octanol–water partition coefficient (Wildman–Crippen LogP) is 7.78. The first-order valence-electron chi connectivity index (χ1n) is 34.8. The standard InChI is InChI=1S/C26H34N6O3S.C23H33N7O3.C21H26N6O3S/c1-18-12-14-30(16-18)25-19(2)17-32-23(27-25)15-21(28-32)22-11-7-8-13-31(22)26(33)24(29-36(3,34)35)20-9-5-4-6-10-20;1-14-12-30-19(25-21(14)28-10-8-16(24)13-28)11-17(27-30)18-5-3-4-9-29(18)22(31)20(15-6-7-15)26-23(32)33-2;1-13-8-9-17(25-31(4,29)30)16(11-13)21(28)26-10-6-5-7-19(26)18-12-20-23-14(2)22-15(3)27(20)24-18/h4-6,9-10,15,17-18,22,24,29H,7-8,11-14,16H2,1-3H3;11-12,15-16,18,20H,3-10,13,24H2,1-2H3,(H,26,32);8-9,11-12,19,25H,5-7,10H2,1-4H3/t18-,22-,24?;16-,18-,20-;19-/m000/s1. The van der Waals surface area contributed by atoms with Crippen molar-refractivity contribution in [1.82, 2.24) is 73.5 Å². The van der Waals surface area contributed by atoms with Crippen LogP contribution >= 0.6 is 0 Å². The minimum Gasteiger partial charge on any atom is -0.453 e. The Balaban J connectivity index is 0.000000143. The number of amides is 4. The van der Waals surface area contributed by atoms with Crippen LogP contribution in [0.1, 0.15) is 176 Å². The van der Waals surface area contributed by atoms with Gasteiger partial charge in [-0.15, -0.1) is 0 Å². The van der Waals surface area contributed by atoms with Crippen molar-refractivity contribution in [1.29, 1.82) is 0 Å². The highest BCUT2D eigenvalue weighted by Gasteiger charge is 2.43. The summed E-state index contributed by atoms with van der Waals surface area (Å²) in [6.07, 6.45) is 17.7. The quantitative estimate of drug-likeness (QED) is 0.0761. The Hall–Kier alpha value is -8.87. The second-order valence-electron chi connectivity index (χ2n) is 27.9. The number of carbonyl (C=O) groups excluding carboxylic acids is 4. The van der Waals surface area contributed by atoms with Gasteiger partial charge in [-0.1, -0.05) is 48.9 Å². The highest BCUT2D eigenvalue weighted by Crippen LogP contribution is 2.40. The van der Waals surface area contributed by atoms with Crippen LogP contribution in [0.2, 0.25) is 0 Å². The molecule has 7 atom stereocenters. The average molecular weight is 1410 g/mol. The number of anilines is 3. The molecule has 6 aromatic heterocycles. The van der Waals surface area contributed by atoms with Crippen molar-refractivity contribution in [3.63, 3.8) is 0 Å². The number of hydrogen-bond acceptors (Lipinski definition) is 19. The third kappa shape index (κ3) is 16.3. The van der Waals surface area contributed by atoms with E-state index in [9.17, 15) is 36.0 Å². The predicted molar refractivity (Wildman–Crippen MR) is 380 cm³/mol. The van der Waals surface area contributed by atoms with Gasteiger partial charge in [-0.05, 0) is 148 Å². The van der Waals surface area contributed by atoms with E-state index in [1.807, 2.05) is 85.9 Å². The van der Waals surface area contributed by atoms with Gasteiger partial charge in [-0.3, -0.25) is 19.1 Å². The van der Waals surface area contributed by atoms with E-state index in [2.05, 4.69) is 53.5 Å². The lowest BCUT2D eigenvalue weighted by Gasteiger charge is -2.37. The number of ether oxygens (including phenoxy) is 1. The highest BCUT2D eigenvalue weighted by atomic mass is 32.2. The molecule has 28 nitrogen and oxygen atoms in total. The van der Waals surface area contributed by atoms with Crippen molar-refractivity contribution >= 4 is 78.1 Å². The first-order chi connectivity index (χ1) is 47.8. The molecule has 4 amide bonds. The molecule has 30 heteroatoms. The molecule has 0 spiro atoms. The number of benzene rings is 2. The Labute approximate surface area is 583 Å². The van der Waals surface area contributed by atoms with Crippen molar-refractivity contribution in [2.45, 2.75) is 161 Å². The molecule has 5 aliphatic heterocycles. The number of aryl methyl sites for hydroxylation is 5. The molecule has 5 N–H and O–H groups in total. The van der Waals surface area contributed by atoms with Gasteiger partial charge in [0.25, 0.3) is 5.91 Å². The molecule has 0 radical (unpaired) electrons. The summed E-state index contributed by atoms with van der Waals surface area (Å²) in [4.78, 5) is 81.5. The molecule has 1 saturated carbocycles. The van der Waals surface area contributed by atoms with E-state index in [1.54, 1.807) is 49.2 Å². The van der Waals surface area contributed by atoms with E-state index < -0.39 is 38.2 Å². The fourth-order valence-electron chi connectivity index (χ4n) is 14.7. The summed E-state index contributed by atoms with van der Waals surface area (Å²) in [5, 5.41) is 17.1. The van der Waals surface area contributed by atoms with Gasteiger partial charge in [0.05, 0.1) is 66.1 Å². The van der Waals surface area contributed by atoms with E-state index in [-0.39, 0.29) is 53.5 Å². The summed E-state index contributed by atoms with van der Waals surface area (Å²) in [7, 11) is -5.81. The van der Waals surface area contributed by atoms with Crippen molar-refractivity contribution in [3.05, 3.63) is 136 Å². The maximum Gasteiger partial charge on any atom is 0.407 e. The van der Waals surface area contributed by atoms with Gasteiger partial charge in [0.1, 0.15) is 35.4 Å². The number of piperidine rings is 3. The average Bonchev–Trinajstić information content (AvgIpc) is 1.56. The Bertz CT molecular complexity index is 4580. The number of alkyl carbamates (subject to hydrolysis) is 1. The number of methoxy groups -OCH3 is 1. The minimum absolute atomic E-state index is 0.0412. The zero-order valence-electron chi connectivity index (χ0n) is 58.5. The Kier molecular flexibility index (Phi) is 21.1. The molecule has 11 heterocycles. The van der Waals surface area contributed by atoms with Crippen LogP contribution in [0.15, 0.2) is 79.1 Å². The first kappa shape index (κ1) is 71.0. The zero-order valence-corrected chi connectivity index (χ0v) is 60.2. The summed E-state index contributed by atoms with van der Waals surface area (Å²) < 4.78 is 63.0. The number of hydrogen-bond donors (Lipinski definition) is 4. The lowest BCUT2D eigenvalue weighted by Crippen LogP contribution is -2.52. The summed E-state index contributed by atoms with van der Waals surface area (Å²) in [5.74, 6) is 3.68.